The molecule has 0 aliphatic heterocycles. The molecule has 0 spiro atoms. The van der Waals surface area contributed by atoms with Gasteiger partial charge in [-0.1, -0.05) is 43.7 Å². The summed E-state index contributed by atoms with van der Waals surface area (Å²) in [4.78, 5) is 24.2. The molecule has 3 saturated carbocycles. The van der Waals surface area contributed by atoms with Crippen molar-refractivity contribution in [1.29, 1.82) is 0 Å². The van der Waals surface area contributed by atoms with Gasteiger partial charge >= 0.3 is 11.9 Å². The maximum Gasteiger partial charge on any atom is 0.338 e. The zero-order chi connectivity index (χ0) is 22.5. The van der Waals surface area contributed by atoms with Crippen LogP contribution < -0.4 is 0 Å². The van der Waals surface area contributed by atoms with Crippen molar-refractivity contribution in [3.63, 3.8) is 0 Å². The molecular formula is C28H36O4. The number of carbonyl (C=O) groups is 2. The molecule has 0 amide bonds. The Hall–Kier alpha value is -2.10. The first-order valence-electron chi connectivity index (χ1n) is 12.4. The molecule has 0 N–H and O–H groups in total. The highest BCUT2D eigenvalue weighted by Gasteiger charge is 2.59. The molecule has 5 rings (SSSR count). The normalized spacial score (nSPS) is 40.3. The minimum Gasteiger partial charge on any atom is -0.462 e. The van der Waals surface area contributed by atoms with Gasteiger partial charge in [0.25, 0.3) is 0 Å². The highest BCUT2D eigenvalue weighted by Crippen LogP contribution is 2.65. The number of carbonyl (C=O) groups excluding carboxylic acids is 2. The topological polar surface area (TPSA) is 52.6 Å². The Balaban J connectivity index is 1.31. The molecule has 4 heteroatoms. The van der Waals surface area contributed by atoms with Crippen molar-refractivity contribution in [2.75, 3.05) is 0 Å². The third-order valence-electron chi connectivity index (χ3n) is 9.56. The number of rotatable bonds is 3. The van der Waals surface area contributed by atoms with Crippen LogP contribution in [-0.2, 0) is 14.3 Å². The summed E-state index contributed by atoms with van der Waals surface area (Å²) in [6.07, 6.45) is 11.1. The Labute approximate surface area is 191 Å². The van der Waals surface area contributed by atoms with Gasteiger partial charge in [0.1, 0.15) is 12.2 Å². The van der Waals surface area contributed by atoms with Gasteiger partial charge in [-0.3, -0.25) is 4.79 Å². The number of hydrogen-bond acceptors (Lipinski definition) is 4. The van der Waals surface area contributed by atoms with Crippen LogP contribution in [0.5, 0.6) is 0 Å². The lowest BCUT2D eigenvalue weighted by Gasteiger charge is -2.57. The summed E-state index contributed by atoms with van der Waals surface area (Å²) >= 11 is 0. The molecule has 4 aliphatic rings. The molecule has 3 fully saturated rings. The van der Waals surface area contributed by atoms with E-state index in [2.05, 4.69) is 19.9 Å². The molecule has 1 unspecified atom stereocenters. The fourth-order valence-electron chi connectivity index (χ4n) is 7.87. The highest BCUT2D eigenvalue weighted by atomic mass is 16.5. The molecule has 0 bridgehead atoms. The summed E-state index contributed by atoms with van der Waals surface area (Å²) in [7, 11) is 0. The molecule has 32 heavy (non-hydrogen) atoms. The summed E-state index contributed by atoms with van der Waals surface area (Å²) in [5.74, 6) is 1.65. The van der Waals surface area contributed by atoms with Crippen LogP contribution in [0.25, 0.3) is 0 Å². The van der Waals surface area contributed by atoms with Gasteiger partial charge in [-0.05, 0) is 80.2 Å². The van der Waals surface area contributed by atoms with E-state index in [0.717, 1.165) is 38.5 Å². The van der Waals surface area contributed by atoms with Crippen LogP contribution in [0.4, 0.5) is 0 Å². The number of esters is 2. The molecule has 0 aromatic heterocycles. The van der Waals surface area contributed by atoms with Crippen LogP contribution in [0.3, 0.4) is 0 Å². The average Bonchev–Trinajstić information content (AvgIpc) is 3.10. The van der Waals surface area contributed by atoms with Gasteiger partial charge in [0.15, 0.2) is 0 Å². The Kier molecular flexibility index (Phi) is 5.46. The number of benzene rings is 1. The van der Waals surface area contributed by atoms with Crippen molar-refractivity contribution in [3.8, 4) is 0 Å². The van der Waals surface area contributed by atoms with E-state index in [1.807, 2.05) is 30.3 Å². The summed E-state index contributed by atoms with van der Waals surface area (Å²) in [5.41, 5.74) is 2.47. The maximum atomic E-state index is 12.6. The second-order valence-corrected chi connectivity index (χ2v) is 11.1. The standard InChI is InChI=1S/C28H36O4/c1-18(29)31-25-12-11-23-22-10-9-20-17-21(32-26(30)19-7-5-4-6-8-19)13-15-27(20,2)24(22)14-16-28(23,25)3/h4-9,21-25H,10-17H2,1-3H3/t21-,22-,23-,24-,25?,27-,28-/m0/s1. The van der Waals surface area contributed by atoms with E-state index in [4.69, 9.17) is 9.47 Å². The Morgan fingerprint density at radius 3 is 2.47 bits per heavy atom. The molecule has 1 aromatic rings. The molecule has 172 valence electrons. The molecule has 0 radical (unpaired) electrons. The fraction of sp³-hybridized carbons (Fsp3) is 0.643. The van der Waals surface area contributed by atoms with E-state index in [9.17, 15) is 9.59 Å². The molecule has 0 heterocycles. The lowest BCUT2D eigenvalue weighted by molar-refractivity contribution is -0.156. The molecular weight excluding hydrogens is 400 g/mol. The third kappa shape index (κ3) is 3.50. The molecule has 7 atom stereocenters. The van der Waals surface area contributed by atoms with Crippen molar-refractivity contribution in [2.45, 2.75) is 84.3 Å². The average molecular weight is 437 g/mol. The zero-order valence-corrected chi connectivity index (χ0v) is 19.6. The van der Waals surface area contributed by atoms with E-state index in [1.165, 1.54) is 18.4 Å². The first kappa shape index (κ1) is 21.7. The van der Waals surface area contributed by atoms with Crippen LogP contribution in [0.2, 0.25) is 0 Å². The van der Waals surface area contributed by atoms with Gasteiger partial charge in [-0.15, -0.1) is 0 Å². The van der Waals surface area contributed by atoms with E-state index in [1.54, 1.807) is 6.92 Å². The van der Waals surface area contributed by atoms with Crippen LogP contribution in [0.15, 0.2) is 42.0 Å². The van der Waals surface area contributed by atoms with Crippen molar-refractivity contribution >= 4 is 11.9 Å². The molecule has 1 aromatic carbocycles. The summed E-state index contributed by atoms with van der Waals surface area (Å²) in [5, 5.41) is 0. The quantitative estimate of drug-likeness (QED) is 0.424. The van der Waals surface area contributed by atoms with Gasteiger partial charge in [0.2, 0.25) is 0 Å². The Bertz CT molecular complexity index is 921. The lowest BCUT2D eigenvalue weighted by atomic mass is 9.48. The summed E-state index contributed by atoms with van der Waals surface area (Å²) in [6, 6.07) is 9.32. The smallest absolute Gasteiger partial charge is 0.338 e. The van der Waals surface area contributed by atoms with Crippen LogP contribution in [-0.4, -0.2) is 24.1 Å². The molecule has 0 saturated heterocycles. The van der Waals surface area contributed by atoms with Crippen molar-refractivity contribution in [3.05, 3.63) is 47.5 Å². The third-order valence-corrected chi connectivity index (χ3v) is 9.56. The number of hydrogen-bond donors (Lipinski definition) is 0. The van der Waals surface area contributed by atoms with Crippen molar-refractivity contribution in [2.24, 2.45) is 28.6 Å². The molecule has 4 nitrogen and oxygen atoms in total. The first-order valence-corrected chi connectivity index (χ1v) is 12.4. The van der Waals surface area contributed by atoms with E-state index < -0.39 is 0 Å². The van der Waals surface area contributed by atoms with E-state index >= 15 is 0 Å². The minimum absolute atomic E-state index is 0.0211. The van der Waals surface area contributed by atoms with Crippen LogP contribution >= 0.6 is 0 Å². The number of ether oxygens (including phenoxy) is 2. The SMILES string of the molecule is CC(=O)OC1CC[C@H]2[C@@H]3CC=C4C[C@@H](OC(=O)c5ccccc5)CC[C@]4(C)[C@H]3CC[C@]12C. The largest absolute Gasteiger partial charge is 0.462 e. The summed E-state index contributed by atoms with van der Waals surface area (Å²) in [6.45, 7) is 6.38. The number of allylic oxidation sites excluding steroid dienone is 1. The Morgan fingerprint density at radius 2 is 1.72 bits per heavy atom. The van der Waals surface area contributed by atoms with Crippen LogP contribution in [0, 0.1) is 28.6 Å². The second-order valence-electron chi connectivity index (χ2n) is 11.1. The van der Waals surface area contributed by atoms with E-state index in [0.29, 0.717) is 23.3 Å². The first-order chi connectivity index (χ1) is 15.3. The number of fused-ring (bicyclic) bond motifs is 5. The van der Waals surface area contributed by atoms with Crippen molar-refractivity contribution in [1.82, 2.24) is 0 Å². The Morgan fingerprint density at radius 1 is 0.938 bits per heavy atom. The zero-order valence-electron chi connectivity index (χ0n) is 19.6. The predicted molar refractivity (Wildman–Crippen MR) is 123 cm³/mol. The highest BCUT2D eigenvalue weighted by molar-refractivity contribution is 5.89. The van der Waals surface area contributed by atoms with Gasteiger partial charge in [0.05, 0.1) is 5.56 Å². The molecule has 4 aliphatic carbocycles. The van der Waals surface area contributed by atoms with Gasteiger partial charge < -0.3 is 9.47 Å². The second kappa shape index (κ2) is 8.04. The van der Waals surface area contributed by atoms with Crippen LogP contribution in [0.1, 0.15) is 82.5 Å². The minimum atomic E-state index is -0.204. The van der Waals surface area contributed by atoms with Gasteiger partial charge in [-0.25, -0.2) is 4.79 Å². The van der Waals surface area contributed by atoms with Gasteiger partial charge in [-0.2, -0.15) is 0 Å². The summed E-state index contributed by atoms with van der Waals surface area (Å²) < 4.78 is 11.7. The fourth-order valence-corrected chi connectivity index (χ4v) is 7.87. The van der Waals surface area contributed by atoms with Crippen molar-refractivity contribution < 1.29 is 19.1 Å². The van der Waals surface area contributed by atoms with Gasteiger partial charge in [0, 0.05) is 18.8 Å². The monoisotopic (exact) mass is 436 g/mol. The lowest BCUT2D eigenvalue weighted by Crippen LogP contribution is -2.51. The predicted octanol–water partition coefficient (Wildman–Crippen LogP) is 6.11. The maximum absolute atomic E-state index is 12.6. The van der Waals surface area contributed by atoms with E-state index in [-0.39, 0.29) is 35.0 Å².